The molecular formula is C12H12N2O3. The summed E-state index contributed by atoms with van der Waals surface area (Å²) < 4.78 is 9.99. The van der Waals surface area contributed by atoms with Crippen molar-refractivity contribution in [1.29, 1.82) is 0 Å². The number of ether oxygens (including phenoxy) is 1. The van der Waals surface area contributed by atoms with E-state index in [0.29, 0.717) is 5.89 Å². The normalized spacial score (nSPS) is 10.2. The first kappa shape index (κ1) is 11.3. The summed E-state index contributed by atoms with van der Waals surface area (Å²) in [6.07, 6.45) is 0. The maximum Gasteiger partial charge on any atom is 0.396 e. The summed E-state index contributed by atoms with van der Waals surface area (Å²) in [7, 11) is 0. The van der Waals surface area contributed by atoms with Gasteiger partial charge in [-0.3, -0.25) is 0 Å². The van der Waals surface area contributed by atoms with E-state index in [2.05, 4.69) is 10.2 Å². The average molecular weight is 232 g/mol. The lowest BCUT2D eigenvalue weighted by Crippen LogP contribution is -2.04. The van der Waals surface area contributed by atoms with Crippen LogP contribution in [0.2, 0.25) is 0 Å². The number of nitrogens with zero attached hydrogens (tertiary/aromatic N) is 2. The molecule has 0 amide bonds. The van der Waals surface area contributed by atoms with E-state index in [4.69, 9.17) is 9.15 Å². The van der Waals surface area contributed by atoms with E-state index >= 15 is 0 Å². The molecule has 2 aromatic rings. The highest BCUT2D eigenvalue weighted by Crippen LogP contribution is 2.18. The molecule has 0 unspecified atom stereocenters. The van der Waals surface area contributed by atoms with Crippen LogP contribution >= 0.6 is 0 Å². The molecule has 0 aliphatic rings. The van der Waals surface area contributed by atoms with Crippen LogP contribution < -0.4 is 0 Å². The fraction of sp³-hybridized carbons (Fsp3) is 0.250. The van der Waals surface area contributed by atoms with E-state index in [0.717, 1.165) is 11.1 Å². The Hall–Kier alpha value is -2.17. The zero-order valence-corrected chi connectivity index (χ0v) is 9.64. The highest BCUT2D eigenvalue weighted by molar-refractivity contribution is 5.84. The first-order valence-corrected chi connectivity index (χ1v) is 5.28. The smallest absolute Gasteiger partial charge is 0.396 e. The van der Waals surface area contributed by atoms with E-state index in [1.807, 2.05) is 31.2 Å². The van der Waals surface area contributed by atoms with Gasteiger partial charge in [-0.1, -0.05) is 17.7 Å². The minimum Gasteiger partial charge on any atom is -0.459 e. The van der Waals surface area contributed by atoms with Crippen molar-refractivity contribution >= 4 is 5.97 Å². The summed E-state index contributed by atoms with van der Waals surface area (Å²) in [5, 5.41) is 7.44. The molecule has 0 fully saturated rings. The predicted molar refractivity (Wildman–Crippen MR) is 60.4 cm³/mol. The van der Waals surface area contributed by atoms with Crippen LogP contribution in [0.25, 0.3) is 11.5 Å². The lowest BCUT2D eigenvalue weighted by Gasteiger charge is -1.96. The summed E-state index contributed by atoms with van der Waals surface area (Å²) in [5.74, 6) is -0.408. The van der Waals surface area contributed by atoms with Crippen molar-refractivity contribution in [3.63, 3.8) is 0 Å². The summed E-state index contributed by atoms with van der Waals surface area (Å²) in [6, 6.07) is 7.59. The largest absolute Gasteiger partial charge is 0.459 e. The Morgan fingerprint density at radius 2 is 2.00 bits per heavy atom. The van der Waals surface area contributed by atoms with Crippen LogP contribution in [0.1, 0.15) is 23.2 Å². The number of hydrogen-bond acceptors (Lipinski definition) is 5. The number of rotatable bonds is 3. The third-order valence-electron chi connectivity index (χ3n) is 2.17. The molecule has 0 saturated carbocycles. The molecule has 5 nitrogen and oxygen atoms in total. The monoisotopic (exact) mass is 232 g/mol. The first-order chi connectivity index (χ1) is 8.20. The van der Waals surface area contributed by atoms with Crippen LogP contribution in [0, 0.1) is 6.92 Å². The third-order valence-corrected chi connectivity index (χ3v) is 2.17. The van der Waals surface area contributed by atoms with Crippen molar-refractivity contribution in [3.05, 3.63) is 35.7 Å². The van der Waals surface area contributed by atoms with E-state index < -0.39 is 5.97 Å². The van der Waals surface area contributed by atoms with Gasteiger partial charge in [-0.2, -0.15) is 0 Å². The van der Waals surface area contributed by atoms with Gasteiger partial charge >= 0.3 is 11.9 Å². The molecule has 0 aliphatic heterocycles. The Balaban J connectivity index is 2.23. The number of aryl methyl sites for hydroxylation is 1. The molecule has 0 bridgehead atoms. The molecule has 0 spiro atoms. The van der Waals surface area contributed by atoms with Gasteiger partial charge in [0, 0.05) is 5.56 Å². The molecule has 17 heavy (non-hydrogen) atoms. The number of aromatic nitrogens is 2. The van der Waals surface area contributed by atoms with E-state index in [1.54, 1.807) is 6.92 Å². The van der Waals surface area contributed by atoms with Gasteiger partial charge in [-0.15, -0.1) is 10.2 Å². The second kappa shape index (κ2) is 4.78. The minimum absolute atomic E-state index is 0.123. The fourth-order valence-corrected chi connectivity index (χ4v) is 1.31. The van der Waals surface area contributed by atoms with Gasteiger partial charge in [0.05, 0.1) is 6.61 Å². The van der Waals surface area contributed by atoms with Crippen molar-refractivity contribution < 1.29 is 13.9 Å². The molecular weight excluding hydrogens is 220 g/mol. The van der Waals surface area contributed by atoms with Crippen molar-refractivity contribution in [2.24, 2.45) is 0 Å². The summed E-state index contributed by atoms with van der Waals surface area (Å²) in [4.78, 5) is 11.3. The van der Waals surface area contributed by atoms with Crippen molar-refractivity contribution in [3.8, 4) is 11.5 Å². The summed E-state index contributed by atoms with van der Waals surface area (Å²) in [5.41, 5.74) is 1.91. The Kier molecular flexibility index (Phi) is 3.18. The Bertz CT molecular complexity index is 517. The quantitative estimate of drug-likeness (QED) is 0.759. The number of carbonyl (C=O) groups is 1. The molecule has 0 radical (unpaired) electrons. The number of esters is 1. The zero-order valence-electron chi connectivity index (χ0n) is 9.64. The zero-order chi connectivity index (χ0) is 12.3. The van der Waals surface area contributed by atoms with Crippen LogP contribution in [0.4, 0.5) is 0 Å². The van der Waals surface area contributed by atoms with Gasteiger partial charge in [0.1, 0.15) is 0 Å². The second-order valence-electron chi connectivity index (χ2n) is 3.50. The number of hydrogen-bond donors (Lipinski definition) is 0. The van der Waals surface area contributed by atoms with Gasteiger partial charge in [0.2, 0.25) is 5.89 Å². The molecule has 2 rings (SSSR count). The maximum atomic E-state index is 11.3. The number of carbonyl (C=O) groups excluding carboxylic acids is 1. The van der Waals surface area contributed by atoms with Crippen LogP contribution in [0.3, 0.4) is 0 Å². The second-order valence-corrected chi connectivity index (χ2v) is 3.50. The van der Waals surface area contributed by atoms with Crippen LogP contribution in [-0.4, -0.2) is 22.8 Å². The minimum atomic E-state index is -0.599. The molecule has 0 N–H and O–H groups in total. The van der Waals surface area contributed by atoms with E-state index in [1.165, 1.54) is 0 Å². The fourth-order valence-electron chi connectivity index (χ4n) is 1.31. The SMILES string of the molecule is CCOC(=O)c1nnc(-c2ccc(C)cc2)o1. The lowest BCUT2D eigenvalue weighted by molar-refractivity contribution is 0.0481. The molecule has 0 aliphatic carbocycles. The predicted octanol–water partition coefficient (Wildman–Crippen LogP) is 2.22. The molecule has 1 heterocycles. The van der Waals surface area contributed by atoms with Crippen molar-refractivity contribution in [2.75, 3.05) is 6.61 Å². The van der Waals surface area contributed by atoms with Gasteiger partial charge in [-0.05, 0) is 26.0 Å². The molecule has 0 saturated heterocycles. The highest BCUT2D eigenvalue weighted by Gasteiger charge is 2.16. The van der Waals surface area contributed by atoms with Crippen LogP contribution in [0.15, 0.2) is 28.7 Å². The van der Waals surface area contributed by atoms with Gasteiger partial charge in [0.25, 0.3) is 0 Å². The highest BCUT2D eigenvalue weighted by atomic mass is 16.5. The first-order valence-electron chi connectivity index (χ1n) is 5.28. The molecule has 0 atom stereocenters. The van der Waals surface area contributed by atoms with Gasteiger partial charge < -0.3 is 9.15 Å². The van der Waals surface area contributed by atoms with E-state index in [-0.39, 0.29) is 12.5 Å². The Morgan fingerprint density at radius 3 is 2.65 bits per heavy atom. The van der Waals surface area contributed by atoms with E-state index in [9.17, 15) is 4.79 Å². The maximum absolute atomic E-state index is 11.3. The Labute approximate surface area is 98.4 Å². The number of benzene rings is 1. The lowest BCUT2D eigenvalue weighted by atomic mass is 10.1. The standard InChI is InChI=1S/C12H12N2O3/c1-3-16-12(15)11-14-13-10(17-11)9-6-4-8(2)5-7-9/h4-7H,3H2,1-2H3. The Morgan fingerprint density at radius 1 is 1.29 bits per heavy atom. The van der Waals surface area contributed by atoms with Crippen LogP contribution in [-0.2, 0) is 4.74 Å². The third kappa shape index (κ3) is 2.50. The summed E-state index contributed by atoms with van der Waals surface area (Å²) >= 11 is 0. The summed E-state index contributed by atoms with van der Waals surface area (Å²) in [6.45, 7) is 3.98. The molecule has 1 aromatic heterocycles. The van der Waals surface area contributed by atoms with Gasteiger partial charge in [0.15, 0.2) is 0 Å². The van der Waals surface area contributed by atoms with Gasteiger partial charge in [-0.25, -0.2) is 4.79 Å². The van der Waals surface area contributed by atoms with Crippen LogP contribution in [0.5, 0.6) is 0 Å². The molecule has 1 aromatic carbocycles. The topological polar surface area (TPSA) is 65.2 Å². The molecule has 88 valence electrons. The molecule has 5 heteroatoms. The van der Waals surface area contributed by atoms with Crippen molar-refractivity contribution in [1.82, 2.24) is 10.2 Å². The van der Waals surface area contributed by atoms with Crippen molar-refractivity contribution in [2.45, 2.75) is 13.8 Å². The average Bonchev–Trinajstić information content (AvgIpc) is 2.80.